The zero-order valence-corrected chi connectivity index (χ0v) is 16.5. The van der Waals surface area contributed by atoms with Gasteiger partial charge in [0, 0.05) is 5.92 Å². The number of rotatable bonds is 8. The minimum Gasteiger partial charge on any atom is -0.496 e. The summed E-state index contributed by atoms with van der Waals surface area (Å²) in [5.41, 5.74) is -0.147. The van der Waals surface area contributed by atoms with E-state index in [1.165, 1.54) is 21.3 Å². The first-order valence-corrected chi connectivity index (χ1v) is 9.37. The molecule has 0 aliphatic heterocycles. The van der Waals surface area contributed by atoms with Gasteiger partial charge in [-0.2, -0.15) is 0 Å². The Labute approximate surface area is 145 Å². The average molecular weight is 355 g/mol. The van der Waals surface area contributed by atoms with Gasteiger partial charge in [-0.15, -0.1) is 0 Å². The summed E-state index contributed by atoms with van der Waals surface area (Å²) in [6.07, 6.45) is 1.24. The summed E-state index contributed by atoms with van der Waals surface area (Å²) in [4.78, 5) is 12.8. The lowest BCUT2D eigenvalue weighted by molar-refractivity contribution is 0.107. The van der Waals surface area contributed by atoms with Crippen molar-refractivity contribution >= 4 is 13.3 Å². The molecule has 1 aromatic rings. The Morgan fingerprint density at radius 2 is 1.62 bits per heavy atom. The lowest BCUT2D eigenvalue weighted by Crippen LogP contribution is -2.14. The largest absolute Gasteiger partial charge is 0.496 e. The third-order valence-corrected chi connectivity index (χ3v) is 5.24. The maximum absolute atomic E-state index is 12.8. The molecule has 6 heteroatoms. The first-order valence-electron chi connectivity index (χ1n) is 7.92. The molecule has 0 N–H and O–H groups in total. The monoisotopic (exact) mass is 355 g/mol. The zero-order valence-electron chi connectivity index (χ0n) is 15.6. The van der Waals surface area contributed by atoms with Gasteiger partial charge in [0.25, 0.3) is 0 Å². The van der Waals surface area contributed by atoms with Crippen molar-refractivity contribution in [1.82, 2.24) is 0 Å². The number of hydrogen-bond donors (Lipinski definition) is 0. The second-order valence-electron chi connectivity index (χ2n) is 7.11. The van der Waals surface area contributed by atoms with Gasteiger partial charge in [-0.1, -0.05) is 32.3 Å². The normalized spacial score (nSPS) is 13.2. The van der Waals surface area contributed by atoms with Gasteiger partial charge in [0.15, 0.2) is 23.2 Å². The molecule has 0 saturated heterocycles. The molecule has 0 amide bonds. The van der Waals surface area contributed by atoms with E-state index >= 15 is 0 Å². The first-order chi connectivity index (χ1) is 11.1. The number of carbonyl (C=O) groups excluding carboxylic acids is 1. The summed E-state index contributed by atoms with van der Waals surface area (Å²) in [6.45, 7) is 8.41. The zero-order chi connectivity index (χ0) is 18.5. The number of benzene rings is 1. The lowest BCUT2D eigenvalue weighted by Gasteiger charge is -2.20. The highest BCUT2D eigenvalue weighted by atomic mass is 31.1. The summed E-state index contributed by atoms with van der Waals surface area (Å²) in [6, 6.07) is 3.28. The van der Waals surface area contributed by atoms with Gasteiger partial charge in [0.2, 0.25) is 0 Å². The fourth-order valence-corrected chi connectivity index (χ4v) is 4.20. The molecule has 5 nitrogen and oxygen atoms in total. The Kier molecular flexibility index (Phi) is 7.22. The minimum absolute atomic E-state index is 0.129. The quantitative estimate of drug-likeness (QED) is 0.630. The van der Waals surface area contributed by atoms with Crippen LogP contribution in [0.15, 0.2) is 12.1 Å². The fourth-order valence-electron chi connectivity index (χ4n) is 2.88. The van der Waals surface area contributed by atoms with Crippen LogP contribution >= 0.6 is 7.80 Å². The summed E-state index contributed by atoms with van der Waals surface area (Å²) in [5, 5.41) is 0. The summed E-state index contributed by atoms with van der Waals surface area (Å²) >= 11 is 0. The van der Waals surface area contributed by atoms with E-state index in [2.05, 4.69) is 20.8 Å². The van der Waals surface area contributed by atoms with Gasteiger partial charge < -0.3 is 14.2 Å². The van der Waals surface area contributed by atoms with Gasteiger partial charge >= 0.3 is 13.3 Å². The van der Waals surface area contributed by atoms with Crippen molar-refractivity contribution in [3.05, 3.63) is 17.7 Å². The van der Waals surface area contributed by atoms with E-state index in [1.807, 2.05) is 6.92 Å². The molecule has 0 aliphatic carbocycles. The van der Waals surface area contributed by atoms with Crippen molar-refractivity contribution in [2.75, 3.05) is 27.5 Å². The molecule has 134 valence electrons. The maximum Gasteiger partial charge on any atom is 0.420 e. The molecule has 0 aromatic heterocycles. The third kappa shape index (κ3) is 5.20. The van der Waals surface area contributed by atoms with E-state index < -0.39 is 13.3 Å². The van der Waals surface area contributed by atoms with Gasteiger partial charge in [-0.25, -0.2) is 4.79 Å². The molecule has 0 saturated carbocycles. The number of carbonyl (C=O) groups is 1. The number of hydrogen-bond acceptors (Lipinski definition) is 5. The predicted octanol–water partition coefficient (Wildman–Crippen LogP) is 4.75. The van der Waals surface area contributed by atoms with Crippen LogP contribution in [0.2, 0.25) is 0 Å². The highest BCUT2D eigenvalue weighted by Gasteiger charge is 2.38. The minimum atomic E-state index is -2.08. The van der Waals surface area contributed by atoms with Crippen molar-refractivity contribution in [2.45, 2.75) is 34.1 Å². The Balaban J connectivity index is 3.11. The number of ether oxygens (including phenoxy) is 3. The summed E-state index contributed by atoms with van der Waals surface area (Å²) < 4.78 is 28.4. The van der Waals surface area contributed by atoms with Crippen LogP contribution in [0.5, 0.6) is 17.2 Å². The topological polar surface area (TPSA) is 61.8 Å². The second-order valence-corrected chi connectivity index (χ2v) is 8.64. The molecular formula is C18H28O5P+. The predicted molar refractivity (Wildman–Crippen MR) is 96.1 cm³/mol. The van der Waals surface area contributed by atoms with Crippen molar-refractivity contribution in [3.8, 4) is 17.2 Å². The third-order valence-electron chi connectivity index (χ3n) is 3.61. The van der Waals surface area contributed by atoms with E-state index in [4.69, 9.17) is 14.2 Å². The highest BCUT2D eigenvalue weighted by molar-refractivity contribution is 7.64. The lowest BCUT2D eigenvalue weighted by atomic mass is 9.86. The molecule has 1 rings (SSSR count). The Hall–Kier alpha value is -1.61. The molecule has 0 spiro atoms. The van der Waals surface area contributed by atoms with Crippen molar-refractivity contribution in [3.63, 3.8) is 0 Å². The summed E-state index contributed by atoms with van der Waals surface area (Å²) in [5.74, 6) is 1.19. The molecule has 0 heterocycles. The standard InChI is InChI=1S/C18H28O5P/c1-12(10-18(2,3)4)11-24(20)17(19)15-13(21-5)8-9-14(22-6)16(15)23-7/h8-9,12H,10-11H2,1-7H3/q+1. The van der Waals surface area contributed by atoms with Crippen LogP contribution in [0.25, 0.3) is 0 Å². The van der Waals surface area contributed by atoms with E-state index in [9.17, 15) is 9.36 Å². The molecule has 0 aliphatic rings. The molecular weight excluding hydrogens is 327 g/mol. The van der Waals surface area contributed by atoms with Crippen LogP contribution in [-0.2, 0) is 4.57 Å². The van der Waals surface area contributed by atoms with Crippen LogP contribution in [0, 0.1) is 11.3 Å². The van der Waals surface area contributed by atoms with Crippen LogP contribution < -0.4 is 14.2 Å². The molecule has 2 unspecified atom stereocenters. The molecule has 2 atom stereocenters. The van der Waals surface area contributed by atoms with Gasteiger partial charge in [-0.05, 0) is 24.0 Å². The van der Waals surface area contributed by atoms with Gasteiger partial charge in [0.05, 0.1) is 21.3 Å². The second kappa shape index (κ2) is 8.48. The van der Waals surface area contributed by atoms with E-state index in [1.54, 1.807) is 12.1 Å². The fraction of sp³-hybridized carbons (Fsp3) is 0.611. The SMILES string of the molecule is COc1ccc(OC)c(C(=O)[P+](=O)CC(C)CC(C)(C)C)c1OC. The molecule has 24 heavy (non-hydrogen) atoms. The van der Waals surface area contributed by atoms with Crippen LogP contribution in [0.3, 0.4) is 0 Å². The Bertz CT molecular complexity index is 604. The Morgan fingerprint density at radius 3 is 2.08 bits per heavy atom. The maximum atomic E-state index is 12.8. The van der Waals surface area contributed by atoms with Crippen molar-refractivity contribution in [1.29, 1.82) is 0 Å². The molecule has 1 aromatic carbocycles. The summed E-state index contributed by atoms with van der Waals surface area (Å²) in [7, 11) is 2.33. The van der Waals surface area contributed by atoms with Crippen LogP contribution in [0.4, 0.5) is 0 Å². The van der Waals surface area contributed by atoms with Crippen LogP contribution in [-0.4, -0.2) is 33.0 Å². The van der Waals surface area contributed by atoms with E-state index in [0.717, 1.165) is 6.42 Å². The highest BCUT2D eigenvalue weighted by Crippen LogP contribution is 2.43. The smallest absolute Gasteiger partial charge is 0.420 e. The first kappa shape index (κ1) is 20.4. The molecule has 0 bridgehead atoms. The average Bonchev–Trinajstić information content (AvgIpc) is 2.50. The number of methoxy groups -OCH3 is 3. The van der Waals surface area contributed by atoms with Gasteiger partial charge in [-0.3, -0.25) is 0 Å². The van der Waals surface area contributed by atoms with Crippen LogP contribution in [0.1, 0.15) is 44.5 Å². The van der Waals surface area contributed by atoms with Gasteiger partial charge in [0.1, 0.15) is 5.75 Å². The molecule has 0 fully saturated rings. The van der Waals surface area contributed by atoms with E-state index in [0.29, 0.717) is 17.7 Å². The van der Waals surface area contributed by atoms with E-state index in [-0.39, 0.29) is 22.6 Å². The Morgan fingerprint density at radius 1 is 1.08 bits per heavy atom. The van der Waals surface area contributed by atoms with Crippen molar-refractivity contribution in [2.24, 2.45) is 11.3 Å². The molecule has 0 radical (unpaired) electrons. The van der Waals surface area contributed by atoms with Crippen molar-refractivity contribution < 1.29 is 23.6 Å².